The second-order valence-electron chi connectivity index (χ2n) is 3.40. The number of nitrogens with zero attached hydrogens (tertiary/aromatic N) is 3. The van der Waals surface area contributed by atoms with Crippen LogP contribution in [0, 0.1) is 17.0 Å². The Morgan fingerprint density at radius 1 is 1.75 bits per heavy atom. The highest BCUT2D eigenvalue weighted by Crippen LogP contribution is 2.31. The first-order valence-corrected chi connectivity index (χ1v) is 6.93. The van der Waals surface area contributed by atoms with Crippen molar-refractivity contribution in [3.05, 3.63) is 26.2 Å². The summed E-state index contributed by atoms with van der Waals surface area (Å²) in [4.78, 5) is 26.0. The third-order valence-corrected chi connectivity index (χ3v) is 5.13. The number of aryl methyl sites for hydroxylation is 1. The molecule has 1 unspecified atom stereocenters. The van der Waals surface area contributed by atoms with Crippen LogP contribution in [0.2, 0.25) is 0 Å². The van der Waals surface area contributed by atoms with E-state index in [0.717, 1.165) is 4.43 Å². The molecule has 0 saturated heterocycles. The predicted molar refractivity (Wildman–Crippen MR) is 68.4 cm³/mol. The van der Waals surface area contributed by atoms with E-state index < -0.39 is 16.2 Å². The molecule has 2 rings (SSSR count). The lowest BCUT2D eigenvalue weighted by Gasteiger charge is -2.02. The van der Waals surface area contributed by atoms with E-state index in [2.05, 4.69) is 27.6 Å². The molecule has 86 valence electrons. The summed E-state index contributed by atoms with van der Waals surface area (Å²) >= 11 is 3.74. The fourth-order valence-corrected chi connectivity index (χ4v) is 3.43. The maximum atomic E-state index is 11.9. The predicted octanol–water partition coefficient (Wildman–Crippen LogP) is 1.37. The number of hydrogen-bond acceptors (Lipinski definition) is 5. The van der Waals surface area contributed by atoms with Gasteiger partial charge in [0.05, 0.1) is 4.92 Å². The van der Waals surface area contributed by atoms with Crippen molar-refractivity contribution in [2.45, 2.75) is 23.9 Å². The van der Waals surface area contributed by atoms with E-state index in [0.29, 0.717) is 11.7 Å². The van der Waals surface area contributed by atoms with E-state index in [1.807, 2.05) is 0 Å². The smallest absolute Gasteiger partial charge is 0.281 e. The van der Waals surface area contributed by atoms with Crippen LogP contribution in [0.4, 0.5) is 5.69 Å². The lowest BCUT2D eigenvalue weighted by Crippen LogP contribution is -2.25. The minimum atomic E-state index is -0.653. The number of hydrogen-bond donors (Lipinski definition) is 0. The van der Waals surface area contributed by atoms with Crippen LogP contribution < -0.4 is 5.56 Å². The van der Waals surface area contributed by atoms with E-state index in [-0.39, 0.29) is 10.9 Å². The second-order valence-corrected chi connectivity index (χ2v) is 5.54. The van der Waals surface area contributed by atoms with Crippen molar-refractivity contribution in [1.29, 1.82) is 0 Å². The first-order valence-electron chi connectivity index (χ1n) is 4.53. The van der Waals surface area contributed by atoms with E-state index >= 15 is 0 Å². The number of aromatic nitrogens is 2. The van der Waals surface area contributed by atoms with Gasteiger partial charge in [-0.2, -0.15) is 0 Å². The first-order chi connectivity index (χ1) is 7.54. The SMILES string of the molecule is Cc1nc2n(c(=O)c1[N+](=O)[O-])CC(CI)S2. The van der Waals surface area contributed by atoms with Gasteiger partial charge in [-0.25, -0.2) is 4.98 Å². The summed E-state index contributed by atoms with van der Waals surface area (Å²) in [5, 5.41) is 11.6. The Labute approximate surface area is 109 Å². The normalized spacial score (nSPS) is 18.5. The molecule has 0 aliphatic carbocycles. The molecule has 0 fully saturated rings. The zero-order valence-corrected chi connectivity index (χ0v) is 11.3. The Hall–Kier alpha value is -0.640. The van der Waals surface area contributed by atoms with Crippen LogP contribution in [-0.2, 0) is 6.54 Å². The average Bonchev–Trinajstić information content (AvgIpc) is 2.60. The van der Waals surface area contributed by atoms with Gasteiger partial charge in [-0.1, -0.05) is 34.4 Å². The summed E-state index contributed by atoms with van der Waals surface area (Å²) in [6.07, 6.45) is 0. The van der Waals surface area contributed by atoms with Gasteiger partial charge in [0.2, 0.25) is 0 Å². The molecule has 1 aromatic rings. The van der Waals surface area contributed by atoms with Gasteiger partial charge in [0.1, 0.15) is 5.69 Å². The Morgan fingerprint density at radius 2 is 2.44 bits per heavy atom. The number of halogens is 1. The molecule has 0 amide bonds. The van der Waals surface area contributed by atoms with Crippen molar-refractivity contribution >= 4 is 40.0 Å². The molecule has 1 aromatic heterocycles. The Balaban J connectivity index is 2.59. The van der Waals surface area contributed by atoms with Crippen LogP contribution in [-0.4, -0.2) is 24.2 Å². The van der Waals surface area contributed by atoms with Crippen molar-refractivity contribution in [2.24, 2.45) is 0 Å². The molecule has 1 aliphatic rings. The zero-order valence-electron chi connectivity index (χ0n) is 8.34. The van der Waals surface area contributed by atoms with Crippen LogP contribution in [0.25, 0.3) is 0 Å². The minimum absolute atomic E-state index is 0.197. The number of rotatable bonds is 2. The Bertz CT molecular complexity index is 516. The minimum Gasteiger partial charge on any atom is -0.281 e. The molecule has 8 heteroatoms. The van der Waals surface area contributed by atoms with Crippen LogP contribution in [0.5, 0.6) is 0 Å². The summed E-state index contributed by atoms with van der Waals surface area (Å²) < 4.78 is 2.29. The average molecular weight is 353 g/mol. The maximum absolute atomic E-state index is 11.9. The van der Waals surface area contributed by atoms with Crippen molar-refractivity contribution in [3.63, 3.8) is 0 Å². The molecule has 16 heavy (non-hydrogen) atoms. The lowest BCUT2D eigenvalue weighted by molar-refractivity contribution is -0.387. The highest BCUT2D eigenvalue weighted by molar-refractivity contribution is 14.1. The number of alkyl halides is 1. The van der Waals surface area contributed by atoms with Crippen LogP contribution in [0.1, 0.15) is 5.69 Å². The number of thioether (sulfide) groups is 1. The van der Waals surface area contributed by atoms with Crippen molar-refractivity contribution < 1.29 is 4.92 Å². The van der Waals surface area contributed by atoms with Gasteiger partial charge in [0, 0.05) is 16.2 Å². The Kier molecular flexibility index (Phi) is 3.19. The maximum Gasteiger partial charge on any atom is 0.355 e. The summed E-state index contributed by atoms with van der Waals surface area (Å²) in [7, 11) is 0. The zero-order chi connectivity index (χ0) is 11.9. The van der Waals surface area contributed by atoms with Crippen LogP contribution >= 0.6 is 34.4 Å². The summed E-state index contributed by atoms with van der Waals surface area (Å²) in [5.74, 6) is 0. The van der Waals surface area contributed by atoms with E-state index in [1.165, 1.54) is 23.3 Å². The molecule has 0 saturated carbocycles. The fourth-order valence-electron chi connectivity index (χ4n) is 1.56. The molecule has 0 aromatic carbocycles. The number of nitro groups is 1. The van der Waals surface area contributed by atoms with Gasteiger partial charge in [-0.15, -0.1) is 0 Å². The monoisotopic (exact) mass is 353 g/mol. The Morgan fingerprint density at radius 3 is 3.00 bits per heavy atom. The highest BCUT2D eigenvalue weighted by Gasteiger charge is 2.29. The van der Waals surface area contributed by atoms with Crippen molar-refractivity contribution in [3.8, 4) is 0 Å². The van der Waals surface area contributed by atoms with Gasteiger partial charge in [0.15, 0.2) is 5.16 Å². The van der Waals surface area contributed by atoms with Gasteiger partial charge >= 0.3 is 11.2 Å². The lowest BCUT2D eigenvalue weighted by atomic mass is 10.3. The van der Waals surface area contributed by atoms with Crippen LogP contribution in [0.3, 0.4) is 0 Å². The van der Waals surface area contributed by atoms with E-state index in [9.17, 15) is 14.9 Å². The molecule has 1 atom stereocenters. The molecule has 0 N–H and O–H groups in total. The molecular formula is C8H8IN3O3S. The third-order valence-electron chi connectivity index (χ3n) is 2.30. The summed E-state index contributed by atoms with van der Waals surface area (Å²) in [6, 6.07) is 0. The second kappa shape index (κ2) is 4.32. The molecule has 0 radical (unpaired) electrons. The molecule has 0 spiro atoms. The van der Waals surface area contributed by atoms with Crippen molar-refractivity contribution in [1.82, 2.24) is 9.55 Å². The number of fused-ring (bicyclic) bond motifs is 1. The molecule has 6 nitrogen and oxygen atoms in total. The third kappa shape index (κ3) is 1.83. The first kappa shape index (κ1) is 11.8. The molecular weight excluding hydrogens is 345 g/mol. The van der Waals surface area contributed by atoms with Crippen LogP contribution in [0.15, 0.2) is 9.95 Å². The van der Waals surface area contributed by atoms with E-state index in [1.54, 1.807) is 0 Å². The largest absolute Gasteiger partial charge is 0.355 e. The molecule has 0 bridgehead atoms. The topological polar surface area (TPSA) is 78.0 Å². The highest BCUT2D eigenvalue weighted by atomic mass is 127. The van der Waals surface area contributed by atoms with Gasteiger partial charge in [-0.3, -0.25) is 19.5 Å². The van der Waals surface area contributed by atoms with Gasteiger partial charge < -0.3 is 0 Å². The quantitative estimate of drug-likeness (QED) is 0.264. The molecule has 2 heterocycles. The van der Waals surface area contributed by atoms with Gasteiger partial charge in [0.25, 0.3) is 0 Å². The molecule has 1 aliphatic heterocycles. The standard InChI is InChI=1S/C8H8IN3O3S/c1-4-6(12(14)15)7(13)11-3-5(2-9)16-8(11)10-4/h5H,2-3H2,1H3. The van der Waals surface area contributed by atoms with Crippen molar-refractivity contribution in [2.75, 3.05) is 4.43 Å². The summed E-state index contributed by atoms with van der Waals surface area (Å²) in [6.45, 7) is 2.01. The van der Waals surface area contributed by atoms with Gasteiger partial charge in [-0.05, 0) is 6.92 Å². The van der Waals surface area contributed by atoms with E-state index in [4.69, 9.17) is 0 Å². The fraction of sp³-hybridized carbons (Fsp3) is 0.500. The summed E-state index contributed by atoms with van der Waals surface area (Å²) in [5.41, 5.74) is -0.742.